The number of rotatable bonds is 5. The molecule has 7 rings (SSSR count). The molecule has 202 valence electrons. The molecule has 1 aromatic carbocycles. The van der Waals surface area contributed by atoms with Crippen molar-refractivity contribution >= 4 is 11.6 Å². The van der Waals surface area contributed by atoms with Crippen LogP contribution in [0.5, 0.6) is 0 Å². The van der Waals surface area contributed by atoms with Crippen LogP contribution in [0.15, 0.2) is 53.8 Å². The molecule has 5 heterocycles. The Balaban J connectivity index is 1.33. The number of imidazole rings is 1. The molecule has 4 aromatic heterocycles. The standard InChI is InChI=1S/C27H21ClF2N8O2/c1-13(39)25-23(29)15(4-7-31-25)17-11-32-26(34-17)19-10-27(5-6-27)20-8-14(9-21(40)38(19)20)22-18(37-12-33-35-36-37)3-2-16(28)24(22)30/h2-4,7-9,11-13,19,39H,5-6,10H2,1H3,(H,32,34). The molecule has 0 amide bonds. The van der Waals surface area contributed by atoms with E-state index >= 15 is 8.78 Å². The van der Waals surface area contributed by atoms with Crippen LogP contribution in [0.25, 0.3) is 28.1 Å². The molecule has 0 radical (unpaired) electrons. The molecule has 13 heteroatoms. The molecule has 1 aliphatic heterocycles. The number of aliphatic hydroxyl groups is 1. The van der Waals surface area contributed by atoms with Gasteiger partial charge in [0, 0.05) is 34.5 Å². The van der Waals surface area contributed by atoms with E-state index in [1.54, 1.807) is 10.6 Å². The first-order chi connectivity index (χ1) is 19.3. The molecule has 0 bridgehead atoms. The lowest BCUT2D eigenvalue weighted by Gasteiger charge is -2.16. The lowest BCUT2D eigenvalue weighted by Crippen LogP contribution is -2.24. The van der Waals surface area contributed by atoms with Crippen molar-refractivity contribution in [1.29, 1.82) is 0 Å². The Bertz CT molecular complexity index is 1850. The van der Waals surface area contributed by atoms with Crippen LogP contribution in [0.1, 0.15) is 55.5 Å². The van der Waals surface area contributed by atoms with Gasteiger partial charge in [-0.05, 0) is 66.4 Å². The van der Waals surface area contributed by atoms with Crippen LogP contribution >= 0.6 is 11.6 Å². The van der Waals surface area contributed by atoms with E-state index in [1.165, 1.54) is 48.5 Å². The summed E-state index contributed by atoms with van der Waals surface area (Å²) in [5.74, 6) is -0.806. The predicted molar refractivity (Wildman–Crippen MR) is 140 cm³/mol. The number of aromatic nitrogens is 8. The van der Waals surface area contributed by atoms with Gasteiger partial charge in [-0.15, -0.1) is 5.10 Å². The molecule has 1 aliphatic carbocycles. The third-order valence-electron chi connectivity index (χ3n) is 7.83. The van der Waals surface area contributed by atoms with Crippen LogP contribution < -0.4 is 5.56 Å². The van der Waals surface area contributed by atoms with Gasteiger partial charge in [-0.25, -0.2) is 13.8 Å². The molecule has 2 aliphatic rings. The number of pyridine rings is 2. The van der Waals surface area contributed by atoms with Gasteiger partial charge in [-0.2, -0.15) is 4.68 Å². The lowest BCUT2D eigenvalue weighted by molar-refractivity contribution is 0.189. The van der Waals surface area contributed by atoms with Crippen LogP contribution in [-0.2, 0) is 5.41 Å². The number of benzene rings is 1. The highest BCUT2D eigenvalue weighted by Gasteiger charge is 2.54. The summed E-state index contributed by atoms with van der Waals surface area (Å²) in [4.78, 5) is 25.3. The second kappa shape index (κ2) is 8.86. The van der Waals surface area contributed by atoms with Crippen molar-refractivity contribution in [2.45, 2.75) is 43.7 Å². The molecule has 0 saturated heterocycles. The van der Waals surface area contributed by atoms with Crippen molar-refractivity contribution in [1.82, 2.24) is 39.7 Å². The Morgan fingerprint density at radius 2 is 2.00 bits per heavy atom. The summed E-state index contributed by atoms with van der Waals surface area (Å²) < 4.78 is 33.5. The molecule has 40 heavy (non-hydrogen) atoms. The molecular formula is C27H21ClF2N8O2. The topological polar surface area (TPSA) is 127 Å². The van der Waals surface area contributed by atoms with E-state index in [-0.39, 0.29) is 32.8 Å². The number of hydrogen-bond acceptors (Lipinski definition) is 7. The van der Waals surface area contributed by atoms with Crippen molar-refractivity contribution < 1.29 is 13.9 Å². The van der Waals surface area contributed by atoms with E-state index in [1.807, 2.05) is 6.07 Å². The second-order valence-corrected chi connectivity index (χ2v) is 10.7. The predicted octanol–water partition coefficient (Wildman–Crippen LogP) is 4.29. The van der Waals surface area contributed by atoms with Crippen molar-refractivity contribution in [2.75, 3.05) is 0 Å². The van der Waals surface area contributed by atoms with Crippen LogP contribution in [0.4, 0.5) is 8.78 Å². The molecule has 1 fully saturated rings. The maximum Gasteiger partial charge on any atom is 0.252 e. The Labute approximate surface area is 230 Å². The average molecular weight is 563 g/mol. The fraction of sp³-hybridized carbons (Fsp3) is 0.259. The minimum Gasteiger partial charge on any atom is -0.387 e. The minimum absolute atomic E-state index is 0.0603. The zero-order valence-electron chi connectivity index (χ0n) is 21.0. The van der Waals surface area contributed by atoms with Crippen LogP contribution in [-0.4, -0.2) is 44.8 Å². The van der Waals surface area contributed by atoms with Gasteiger partial charge in [0.1, 0.15) is 17.8 Å². The number of nitrogens with one attached hydrogen (secondary N) is 1. The highest BCUT2D eigenvalue weighted by molar-refractivity contribution is 6.31. The largest absolute Gasteiger partial charge is 0.387 e. The molecule has 2 unspecified atom stereocenters. The summed E-state index contributed by atoms with van der Waals surface area (Å²) >= 11 is 6.14. The summed E-state index contributed by atoms with van der Waals surface area (Å²) in [7, 11) is 0. The molecule has 1 spiro atoms. The third kappa shape index (κ3) is 3.70. The maximum atomic E-state index is 15.5. The van der Waals surface area contributed by atoms with E-state index in [9.17, 15) is 9.90 Å². The Hall–Kier alpha value is -4.29. The quantitative estimate of drug-likeness (QED) is 0.327. The fourth-order valence-corrected chi connectivity index (χ4v) is 5.89. The van der Waals surface area contributed by atoms with Gasteiger partial charge in [-0.1, -0.05) is 11.6 Å². The number of nitrogens with zero attached hydrogens (tertiary/aromatic N) is 7. The molecule has 10 nitrogen and oxygen atoms in total. The number of fused-ring (bicyclic) bond motifs is 2. The number of aromatic amines is 1. The van der Waals surface area contributed by atoms with E-state index in [0.717, 1.165) is 18.5 Å². The first-order valence-corrected chi connectivity index (χ1v) is 13.0. The van der Waals surface area contributed by atoms with Crippen LogP contribution in [0, 0.1) is 11.6 Å². The molecular weight excluding hydrogens is 542 g/mol. The monoisotopic (exact) mass is 562 g/mol. The lowest BCUT2D eigenvalue weighted by atomic mass is 9.95. The van der Waals surface area contributed by atoms with Gasteiger partial charge >= 0.3 is 0 Å². The number of H-pyrrole nitrogens is 1. The number of aliphatic hydroxyl groups excluding tert-OH is 1. The maximum absolute atomic E-state index is 15.5. The summed E-state index contributed by atoms with van der Waals surface area (Å²) in [5, 5.41) is 20.9. The molecule has 1 saturated carbocycles. The number of tetrazole rings is 1. The van der Waals surface area contributed by atoms with Gasteiger partial charge < -0.3 is 14.7 Å². The molecule has 2 atom stereocenters. The van der Waals surface area contributed by atoms with Crippen molar-refractivity contribution in [3.63, 3.8) is 0 Å². The first kappa shape index (κ1) is 24.7. The smallest absolute Gasteiger partial charge is 0.252 e. The van der Waals surface area contributed by atoms with Gasteiger partial charge in [0.05, 0.1) is 34.7 Å². The van der Waals surface area contributed by atoms with Crippen molar-refractivity contribution in [3.8, 4) is 28.1 Å². The van der Waals surface area contributed by atoms with Crippen molar-refractivity contribution in [3.05, 3.63) is 93.3 Å². The van der Waals surface area contributed by atoms with Crippen LogP contribution in [0.3, 0.4) is 0 Å². The summed E-state index contributed by atoms with van der Waals surface area (Å²) in [6.45, 7) is 1.44. The zero-order chi connectivity index (χ0) is 27.8. The van der Waals surface area contributed by atoms with Gasteiger partial charge in [-0.3, -0.25) is 9.78 Å². The van der Waals surface area contributed by atoms with Gasteiger partial charge in [0.15, 0.2) is 11.6 Å². The summed E-state index contributed by atoms with van der Waals surface area (Å²) in [6.07, 6.45) is 5.57. The summed E-state index contributed by atoms with van der Waals surface area (Å²) in [6, 6.07) is 7.31. The van der Waals surface area contributed by atoms with Gasteiger partial charge in [0.25, 0.3) is 5.56 Å². The van der Waals surface area contributed by atoms with Crippen molar-refractivity contribution in [2.24, 2.45) is 0 Å². The van der Waals surface area contributed by atoms with Crippen LogP contribution in [0.2, 0.25) is 5.02 Å². The second-order valence-electron chi connectivity index (χ2n) is 10.3. The van der Waals surface area contributed by atoms with E-state index < -0.39 is 23.8 Å². The summed E-state index contributed by atoms with van der Waals surface area (Å²) in [5.41, 5.74) is 1.62. The van der Waals surface area contributed by atoms with Gasteiger partial charge in [0.2, 0.25) is 0 Å². The minimum atomic E-state index is -1.07. The normalized spacial score (nSPS) is 17.8. The SMILES string of the molecule is CC(O)c1nccc(-c2cnc(C3CC4(CC4)c4cc(-c5c(-n6cnnn6)ccc(Cl)c5F)cc(=O)n43)[nH]2)c1F. The number of halogens is 3. The average Bonchev–Trinajstić information content (AvgIpc) is 3.28. The Kier molecular flexibility index (Phi) is 5.48. The third-order valence-corrected chi connectivity index (χ3v) is 8.12. The fourth-order valence-electron chi connectivity index (χ4n) is 5.73. The Morgan fingerprint density at radius 3 is 2.73 bits per heavy atom. The van der Waals surface area contributed by atoms with E-state index in [0.29, 0.717) is 29.2 Å². The molecule has 5 aromatic rings. The van der Waals surface area contributed by atoms with E-state index in [4.69, 9.17) is 11.6 Å². The first-order valence-electron chi connectivity index (χ1n) is 12.6. The number of hydrogen-bond donors (Lipinski definition) is 2. The Morgan fingerprint density at radius 1 is 1.18 bits per heavy atom. The van der Waals surface area contributed by atoms with E-state index in [2.05, 4.69) is 30.5 Å². The highest BCUT2D eigenvalue weighted by Crippen LogP contribution is 2.58. The molecule has 2 N–H and O–H groups in total. The highest BCUT2D eigenvalue weighted by atomic mass is 35.5. The zero-order valence-corrected chi connectivity index (χ0v) is 21.8.